The van der Waals surface area contributed by atoms with Gasteiger partial charge in [-0.15, -0.1) is 0 Å². The Balaban J connectivity index is 3.78. The van der Waals surface area contributed by atoms with Crippen LogP contribution in [0.15, 0.2) is 0 Å². The van der Waals surface area contributed by atoms with Gasteiger partial charge in [-0.1, -0.05) is 6.92 Å². The number of carbonyl (C=O) groups is 3. The molecule has 0 aliphatic rings. The summed E-state index contributed by atoms with van der Waals surface area (Å²) < 4.78 is 0. The largest absolute Gasteiger partial charge is 0.481 e. The molecule has 0 saturated carbocycles. The fourth-order valence-electron chi connectivity index (χ4n) is 0.997. The third-order valence-electron chi connectivity index (χ3n) is 1.91. The lowest BCUT2D eigenvalue weighted by Gasteiger charge is -2.14. The van der Waals surface area contributed by atoms with Gasteiger partial charge in [0.05, 0.1) is 6.42 Å². The molecule has 0 aromatic carbocycles. The van der Waals surface area contributed by atoms with Crippen molar-refractivity contribution in [3.05, 3.63) is 0 Å². The van der Waals surface area contributed by atoms with Crippen molar-refractivity contribution in [2.45, 2.75) is 32.7 Å². The second kappa shape index (κ2) is 8.37. The third kappa shape index (κ3) is 8.06. The summed E-state index contributed by atoms with van der Waals surface area (Å²) >= 11 is 0. The second-order valence-corrected chi connectivity index (χ2v) is 3.56. The standard InChI is InChI=1S/C10H19N3O4/c1-3-5-11-9(16)7(2)13-10(17)12-6-4-8(14)15/h7H,3-6H2,1-2H3,(H,11,16)(H,14,15)(H2,12,13,17). The van der Waals surface area contributed by atoms with Crippen molar-refractivity contribution >= 4 is 17.9 Å². The Labute approximate surface area is 100.0 Å². The van der Waals surface area contributed by atoms with E-state index in [-0.39, 0.29) is 18.9 Å². The van der Waals surface area contributed by atoms with Crippen LogP contribution in [0.2, 0.25) is 0 Å². The number of aliphatic carboxylic acids is 1. The van der Waals surface area contributed by atoms with Crippen molar-refractivity contribution in [1.82, 2.24) is 16.0 Å². The highest BCUT2D eigenvalue weighted by Crippen LogP contribution is 1.84. The lowest BCUT2D eigenvalue weighted by molar-refractivity contribution is -0.136. The van der Waals surface area contributed by atoms with E-state index in [0.717, 1.165) is 6.42 Å². The number of urea groups is 1. The number of hydrogen-bond acceptors (Lipinski definition) is 3. The molecule has 4 N–H and O–H groups in total. The molecule has 1 unspecified atom stereocenters. The van der Waals surface area contributed by atoms with Crippen molar-refractivity contribution in [3.63, 3.8) is 0 Å². The van der Waals surface area contributed by atoms with Crippen LogP contribution in [0.5, 0.6) is 0 Å². The van der Waals surface area contributed by atoms with Gasteiger partial charge in [0.15, 0.2) is 0 Å². The normalized spacial score (nSPS) is 11.4. The van der Waals surface area contributed by atoms with Crippen LogP contribution in [0.4, 0.5) is 4.79 Å². The quantitative estimate of drug-likeness (QED) is 0.492. The molecule has 0 aromatic heterocycles. The van der Waals surface area contributed by atoms with Crippen molar-refractivity contribution in [3.8, 4) is 0 Å². The van der Waals surface area contributed by atoms with E-state index in [9.17, 15) is 14.4 Å². The fourth-order valence-corrected chi connectivity index (χ4v) is 0.997. The van der Waals surface area contributed by atoms with E-state index in [2.05, 4.69) is 16.0 Å². The maximum Gasteiger partial charge on any atom is 0.315 e. The Bertz CT molecular complexity index is 281. The number of carboxylic acid groups (broad SMARTS) is 1. The minimum atomic E-state index is -0.987. The summed E-state index contributed by atoms with van der Waals surface area (Å²) in [4.78, 5) is 32.8. The molecule has 0 spiro atoms. The van der Waals surface area contributed by atoms with E-state index in [1.807, 2.05) is 6.92 Å². The van der Waals surface area contributed by atoms with Crippen LogP contribution < -0.4 is 16.0 Å². The highest BCUT2D eigenvalue weighted by molar-refractivity contribution is 5.86. The second-order valence-electron chi connectivity index (χ2n) is 3.56. The summed E-state index contributed by atoms with van der Waals surface area (Å²) in [6.45, 7) is 4.08. The maximum absolute atomic E-state index is 11.4. The van der Waals surface area contributed by atoms with Gasteiger partial charge < -0.3 is 21.1 Å². The van der Waals surface area contributed by atoms with E-state index in [1.54, 1.807) is 6.92 Å². The first-order chi connectivity index (χ1) is 7.97. The van der Waals surface area contributed by atoms with Gasteiger partial charge in [-0.25, -0.2) is 4.79 Å². The monoisotopic (exact) mass is 245 g/mol. The van der Waals surface area contributed by atoms with E-state index in [1.165, 1.54) is 0 Å². The highest BCUT2D eigenvalue weighted by atomic mass is 16.4. The fraction of sp³-hybridized carbons (Fsp3) is 0.700. The predicted octanol–water partition coefficient (Wildman–Crippen LogP) is -0.325. The van der Waals surface area contributed by atoms with Gasteiger partial charge in [0.25, 0.3) is 0 Å². The minimum Gasteiger partial charge on any atom is -0.481 e. The van der Waals surface area contributed by atoms with Gasteiger partial charge in [0.1, 0.15) is 6.04 Å². The maximum atomic E-state index is 11.4. The number of carbonyl (C=O) groups excluding carboxylic acids is 2. The Morgan fingerprint density at radius 3 is 2.35 bits per heavy atom. The van der Waals surface area contributed by atoms with E-state index in [0.29, 0.717) is 6.54 Å². The first kappa shape index (κ1) is 15.2. The van der Waals surface area contributed by atoms with Crippen LogP contribution in [0.1, 0.15) is 26.7 Å². The Kier molecular flexibility index (Phi) is 7.49. The molecule has 0 bridgehead atoms. The first-order valence-electron chi connectivity index (χ1n) is 5.51. The van der Waals surface area contributed by atoms with Crippen LogP contribution >= 0.6 is 0 Å². The molecular formula is C10H19N3O4. The molecule has 0 aromatic rings. The average molecular weight is 245 g/mol. The van der Waals surface area contributed by atoms with Crippen LogP contribution in [0.25, 0.3) is 0 Å². The Hall–Kier alpha value is -1.79. The third-order valence-corrected chi connectivity index (χ3v) is 1.91. The van der Waals surface area contributed by atoms with Gasteiger partial charge in [0, 0.05) is 13.1 Å². The molecule has 0 aliphatic carbocycles. The Morgan fingerprint density at radius 1 is 1.18 bits per heavy atom. The number of carboxylic acids is 1. The van der Waals surface area contributed by atoms with Crippen LogP contribution in [-0.2, 0) is 9.59 Å². The van der Waals surface area contributed by atoms with Crippen molar-refractivity contribution in [2.24, 2.45) is 0 Å². The highest BCUT2D eigenvalue weighted by Gasteiger charge is 2.14. The summed E-state index contributed by atoms with van der Waals surface area (Å²) in [5.41, 5.74) is 0. The lowest BCUT2D eigenvalue weighted by Crippen LogP contribution is -2.48. The molecule has 17 heavy (non-hydrogen) atoms. The summed E-state index contributed by atoms with van der Waals surface area (Å²) in [5.74, 6) is -1.25. The molecule has 7 nitrogen and oxygen atoms in total. The van der Waals surface area contributed by atoms with Gasteiger partial charge in [-0.3, -0.25) is 9.59 Å². The SMILES string of the molecule is CCCNC(=O)C(C)NC(=O)NCCC(=O)O. The molecule has 0 saturated heterocycles. The molecule has 0 aliphatic heterocycles. The van der Waals surface area contributed by atoms with Crippen molar-refractivity contribution in [1.29, 1.82) is 0 Å². The molecule has 3 amide bonds. The molecule has 0 rings (SSSR count). The summed E-state index contributed by atoms with van der Waals surface area (Å²) in [6.07, 6.45) is 0.674. The number of hydrogen-bond donors (Lipinski definition) is 4. The first-order valence-corrected chi connectivity index (χ1v) is 5.51. The zero-order valence-electron chi connectivity index (χ0n) is 10.1. The van der Waals surface area contributed by atoms with Crippen LogP contribution in [0.3, 0.4) is 0 Å². The summed E-state index contributed by atoms with van der Waals surface area (Å²) in [5, 5.41) is 15.7. The van der Waals surface area contributed by atoms with Crippen molar-refractivity contribution < 1.29 is 19.5 Å². The van der Waals surface area contributed by atoms with Crippen LogP contribution in [-0.4, -0.2) is 42.1 Å². The van der Waals surface area contributed by atoms with E-state index < -0.39 is 18.0 Å². The Morgan fingerprint density at radius 2 is 1.82 bits per heavy atom. The molecule has 0 fully saturated rings. The predicted molar refractivity (Wildman–Crippen MR) is 61.5 cm³/mol. The molecular weight excluding hydrogens is 226 g/mol. The lowest BCUT2D eigenvalue weighted by atomic mass is 10.3. The molecule has 7 heteroatoms. The number of rotatable bonds is 7. The molecule has 0 radical (unpaired) electrons. The summed E-state index contributed by atoms with van der Waals surface area (Å²) in [7, 11) is 0. The van der Waals surface area contributed by atoms with Crippen LogP contribution in [0, 0.1) is 0 Å². The van der Waals surface area contributed by atoms with E-state index in [4.69, 9.17) is 5.11 Å². The number of nitrogens with one attached hydrogen (secondary N) is 3. The number of amides is 3. The van der Waals surface area contributed by atoms with Gasteiger partial charge in [-0.05, 0) is 13.3 Å². The topological polar surface area (TPSA) is 108 Å². The molecule has 0 heterocycles. The minimum absolute atomic E-state index is 0.0322. The van der Waals surface area contributed by atoms with Gasteiger partial charge in [0.2, 0.25) is 5.91 Å². The average Bonchev–Trinajstić information content (AvgIpc) is 2.25. The van der Waals surface area contributed by atoms with Gasteiger partial charge >= 0.3 is 12.0 Å². The van der Waals surface area contributed by atoms with Gasteiger partial charge in [-0.2, -0.15) is 0 Å². The van der Waals surface area contributed by atoms with E-state index >= 15 is 0 Å². The zero-order valence-corrected chi connectivity index (χ0v) is 10.1. The van der Waals surface area contributed by atoms with Crippen molar-refractivity contribution in [2.75, 3.05) is 13.1 Å². The molecule has 98 valence electrons. The smallest absolute Gasteiger partial charge is 0.315 e. The summed E-state index contributed by atoms with van der Waals surface area (Å²) in [6, 6.07) is -1.20. The zero-order chi connectivity index (χ0) is 13.3. The molecule has 1 atom stereocenters.